The summed E-state index contributed by atoms with van der Waals surface area (Å²) >= 11 is 0. The molecule has 0 radical (unpaired) electrons. The van der Waals surface area contributed by atoms with Crippen LogP contribution in [-0.2, 0) is 0 Å². The van der Waals surface area contributed by atoms with Crippen molar-refractivity contribution in [3.63, 3.8) is 0 Å². The maximum absolute atomic E-state index is 2.37. The van der Waals surface area contributed by atoms with Crippen molar-refractivity contribution in [2.45, 2.75) is 231 Å². The zero-order chi connectivity index (χ0) is 49.3. The maximum Gasteiger partial charge on any atom is 0.0118 e. The van der Waals surface area contributed by atoms with Gasteiger partial charge in [0.2, 0.25) is 0 Å². The molecule has 412 valence electrons. The molecule has 72 heavy (non-hydrogen) atoms. The van der Waals surface area contributed by atoms with Crippen LogP contribution in [-0.4, -0.2) is 69.0 Å². The number of hydrogen-bond acceptors (Lipinski definition) is 12. The molecule has 0 unspecified atom stereocenters. The largest absolute Gasteiger partial charge is 0.0935 e. The van der Waals surface area contributed by atoms with Crippen molar-refractivity contribution >= 4 is 130 Å². The van der Waals surface area contributed by atoms with Crippen molar-refractivity contribution in [2.75, 3.05) is 69.0 Å². The Hall–Kier alpha value is 3.68. The van der Waals surface area contributed by atoms with Crippen LogP contribution in [0.1, 0.15) is 231 Å². The average Bonchev–Trinajstić information content (AvgIpc) is 4.25. The Morgan fingerprint density at radius 1 is 0.153 bits per heavy atom. The Balaban J connectivity index is 0.000000102. The van der Waals surface area contributed by atoms with E-state index in [2.05, 4.69) is 132 Å². The molecule has 14 fully saturated rings. The molecule has 0 atom stereocenters. The van der Waals surface area contributed by atoms with E-state index in [1.165, 1.54) is 249 Å². The summed E-state index contributed by atoms with van der Waals surface area (Å²) in [5.41, 5.74) is 6.44. The van der Waals surface area contributed by atoms with Crippen LogP contribution in [0, 0.1) is 43.3 Å². The van der Waals surface area contributed by atoms with Gasteiger partial charge in [0.15, 0.2) is 0 Å². The monoisotopic (exact) mass is 1200 g/mol. The molecule has 0 nitrogen and oxygen atoms in total. The quantitative estimate of drug-likeness (QED) is 0.168. The molecule has 0 aromatic carbocycles. The minimum atomic E-state index is 0.704. The highest BCUT2D eigenvalue weighted by molar-refractivity contribution is 8.79. The topological polar surface area (TPSA) is 0 Å². The number of rotatable bonds is 0. The number of hydrogen-bond donors (Lipinski definition) is 0. The molecular weight excluding hydrogens is 1110 g/mol. The molecule has 10 aliphatic carbocycles. The Morgan fingerprint density at radius 3 is 0.528 bits per heavy atom. The Kier molecular flexibility index (Phi) is 25.4. The first kappa shape index (κ1) is 60.3. The molecule has 6 aliphatic heterocycles. The molecule has 6 saturated heterocycles. The summed E-state index contributed by atoms with van der Waals surface area (Å²) in [5, 5.41) is 0. The van der Waals surface area contributed by atoms with Gasteiger partial charge in [0.1, 0.15) is 0 Å². The van der Waals surface area contributed by atoms with Crippen molar-refractivity contribution in [1.29, 1.82) is 0 Å². The van der Waals surface area contributed by atoms with Crippen LogP contribution in [0.3, 0.4) is 0 Å². The van der Waals surface area contributed by atoms with Gasteiger partial charge in [0, 0.05) is 74.4 Å². The van der Waals surface area contributed by atoms with E-state index in [0.29, 0.717) is 5.41 Å². The van der Waals surface area contributed by atoms with Crippen LogP contribution < -0.4 is 0 Å². The Bertz CT molecular complexity index is 1140. The highest BCUT2D eigenvalue weighted by Gasteiger charge is 2.42. The SMILES string of the molecule is C1=CCC2(C1)CCCC2.C1=CCC2(C1)CSSC2.C1CCC2(C1)CCCC2.C1CCC2(C1)CCCC2.C1CCC2(C1)CSSC2.C1CCC2(C1)CSSC2.C1CCC2(C1)CSSC2.C1SSCC12CSSC2. The molecule has 6 heterocycles. The molecule has 8 spiro atoms. The fourth-order valence-corrected chi connectivity index (χ4v) is 37.0. The maximum atomic E-state index is 2.37. The van der Waals surface area contributed by atoms with E-state index in [0.717, 1.165) is 37.9 Å². The Labute approximate surface area is 492 Å². The first-order chi connectivity index (χ1) is 35.3. The highest BCUT2D eigenvalue weighted by atomic mass is 33.1. The minimum Gasteiger partial charge on any atom is -0.0935 e. The van der Waals surface area contributed by atoms with E-state index < -0.39 is 0 Å². The summed E-state index contributed by atoms with van der Waals surface area (Å²) < 4.78 is 0. The molecule has 0 amide bonds. The average molecular weight is 1210 g/mol. The third kappa shape index (κ3) is 17.8. The third-order valence-electron chi connectivity index (χ3n) is 20.7. The molecule has 0 bridgehead atoms. The van der Waals surface area contributed by atoms with Crippen molar-refractivity contribution in [3.05, 3.63) is 24.3 Å². The fraction of sp³-hybridized carbons (Fsp3) is 0.933. The van der Waals surface area contributed by atoms with Crippen molar-refractivity contribution < 1.29 is 0 Å². The summed E-state index contributed by atoms with van der Waals surface area (Å²) in [4.78, 5) is 0. The van der Waals surface area contributed by atoms with Gasteiger partial charge in [-0.3, -0.25) is 0 Å². The molecular formula is C60H100S12. The zero-order valence-electron chi connectivity index (χ0n) is 45.1. The van der Waals surface area contributed by atoms with E-state index in [1.54, 1.807) is 51.4 Å². The van der Waals surface area contributed by atoms with Gasteiger partial charge in [-0.1, -0.05) is 257 Å². The van der Waals surface area contributed by atoms with Crippen LogP contribution >= 0.6 is 130 Å². The lowest BCUT2D eigenvalue weighted by atomic mass is 9.84. The molecule has 0 N–H and O–H groups in total. The van der Waals surface area contributed by atoms with Gasteiger partial charge < -0.3 is 0 Å². The van der Waals surface area contributed by atoms with Gasteiger partial charge in [-0.25, -0.2) is 0 Å². The fourth-order valence-electron chi connectivity index (χ4n) is 15.4. The summed E-state index contributed by atoms with van der Waals surface area (Å²) in [6, 6.07) is 0. The molecule has 16 rings (SSSR count). The van der Waals surface area contributed by atoms with Crippen molar-refractivity contribution in [1.82, 2.24) is 0 Å². The van der Waals surface area contributed by atoms with Crippen molar-refractivity contribution in [3.8, 4) is 0 Å². The second kappa shape index (κ2) is 30.3. The summed E-state index contributed by atoms with van der Waals surface area (Å²) in [5.74, 6) is 17.0. The van der Waals surface area contributed by atoms with Crippen LogP contribution in [0.5, 0.6) is 0 Å². The number of allylic oxidation sites excluding steroid dienone is 4. The van der Waals surface area contributed by atoms with Gasteiger partial charge in [-0.05, 0) is 166 Å². The van der Waals surface area contributed by atoms with Gasteiger partial charge >= 0.3 is 0 Å². The second-order valence-corrected chi connectivity index (χ2v) is 41.3. The van der Waals surface area contributed by atoms with E-state index >= 15 is 0 Å². The van der Waals surface area contributed by atoms with Crippen LogP contribution in [0.2, 0.25) is 0 Å². The lowest BCUT2D eigenvalue weighted by Gasteiger charge is -2.20. The van der Waals surface area contributed by atoms with Crippen LogP contribution in [0.15, 0.2) is 24.3 Å². The molecule has 8 saturated carbocycles. The summed E-state index contributed by atoms with van der Waals surface area (Å²) in [7, 11) is 24.9. The van der Waals surface area contributed by atoms with E-state index in [-0.39, 0.29) is 0 Å². The highest BCUT2D eigenvalue weighted by Crippen LogP contribution is 2.57. The standard InChI is InChI=1S/2C9H16.C9H14.3C7H12S2.C7H10S2.C5H8S4/c3*1-2-6-9(5-1)7-3-4-8-9;4*1-2-4-7(3-1)5-8-9-6-7;1-5(2-7-6-1)3-8-9-4-5/h2*1-8H2;1-2H,3-8H2;3*1-6H2;1-2H,3-6H2;1-4H2. The molecule has 16 aliphatic rings. The minimum absolute atomic E-state index is 0.704. The Morgan fingerprint density at radius 2 is 0.306 bits per heavy atom. The zero-order valence-corrected chi connectivity index (χ0v) is 54.9. The van der Waals surface area contributed by atoms with Crippen LogP contribution in [0.4, 0.5) is 0 Å². The third-order valence-corrected chi connectivity index (χ3v) is 37.7. The van der Waals surface area contributed by atoms with Gasteiger partial charge in [0.25, 0.3) is 0 Å². The van der Waals surface area contributed by atoms with Crippen molar-refractivity contribution in [2.24, 2.45) is 43.3 Å². The lowest BCUT2D eigenvalue weighted by Crippen LogP contribution is -2.24. The van der Waals surface area contributed by atoms with Crippen LogP contribution in [0.25, 0.3) is 0 Å². The first-order valence-electron chi connectivity index (χ1n) is 30.1. The van der Waals surface area contributed by atoms with E-state index in [9.17, 15) is 0 Å². The normalized spacial score (nSPS) is 31.6. The van der Waals surface area contributed by atoms with Gasteiger partial charge in [-0.15, -0.1) is 0 Å². The molecule has 0 aromatic heterocycles. The van der Waals surface area contributed by atoms with Gasteiger partial charge in [0.05, 0.1) is 0 Å². The van der Waals surface area contributed by atoms with E-state index in [4.69, 9.17) is 0 Å². The molecule has 12 heteroatoms. The lowest BCUT2D eigenvalue weighted by molar-refractivity contribution is 0.309. The summed E-state index contributed by atoms with van der Waals surface area (Å²) in [6.07, 6.45) is 63.7. The van der Waals surface area contributed by atoms with E-state index in [1.807, 2.05) is 21.6 Å². The summed E-state index contributed by atoms with van der Waals surface area (Å²) in [6.45, 7) is 0. The smallest absolute Gasteiger partial charge is 0.0118 e. The van der Waals surface area contributed by atoms with Gasteiger partial charge in [-0.2, -0.15) is 0 Å². The second-order valence-electron chi connectivity index (χ2n) is 26.6. The predicted octanol–water partition coefficient (Wildman–Crippen LogP) is 23.4. The predicted molar refractivity (Wildman–Crippen MR) is 353 cm³/mol. The first-order valence-corrected chi connectivity index (χ1v) is 45.0. The molecule has 0 aromatic rings.